The van der Waals surface area contributed by atoms with E-state index >= 15 is 0 Å². The molecule has 0 bridgehead atoms. The zero-order valence-electron chi connectivity index (χ0n) is 11.8. The highest BCUT2D eigenvalue weighted by atomic mass is 15.1. The average molecular weight is 242 g/mol. The van der Waals surface area contributed by atoms with Crippen molar-refractivity contribution in [2.75, 3.05) is 28.2 Å². The van der Waals surface area contributed by atoms with Gasteiger partial charge in [0.2, 0.25) is 0 Å². The van der Waals surface area contributed by atoms with E-state index in [1.165, 1.54) is 22.3 Å². The Hall–Kier alpha value is -1.38. The summed E-state index contributed by atoms with van der Waals surface area (Å²) in [6.07, 6.45) is 0. The number of hydrogen-bond acceptors (Lipinski definition) is 2. The van der Waals surface area contributed by atoms with Crippen LogP contribution in [0.2, 0.25) is 0 Å². The SMILES string of the molecule is CN(C)Cc1cc(CN(C)C)cc2cccc-2c1. The summed E-state index contributed by atoms with van der Waals surface area (Å²) in [6, 6.07) is 13.4. The largest absolute Gasteiger partial charge is 0.305 e. The normalized spacial score (nSPS) is 11.7. The predicted molar refractivity (Wildman–Crippen MR) is 77.8 cm³/mol. The van der Waals surface area contributed by atoms with Crippen molar-refractivity contribution in [3.05, 3.63) is 47.5 Å². The van der Waals surface area contributed by atoms with Crippen LogP contribution in [0.15, 0.2) is 36.4 Å². The van der Waals surface area contributed by atoms with Crippen molar-refractivity contribution < 1.29 is 0 Å². The first kappa shape index (κ1) is 13.1. The summed E-state index contributed by atoms with van der Waals surface area (Å²) in [5.74, 6) is 0. The van der Waals surface area contributed by atoms with Crippen LogP contribution in [0.25, 0.3) is 11.1 Å². The molecule has 0 saturated carbocycles. The standard InChI is InChI=1S/C16H22N2/c1-17(2)11-13-8-14(12-18(3)4)10-16-7-5-6-15(16)9-13/h5-10H,11-12H2,1-4H3. The zero-order chi connectivity index (χ0) is 13.1. The number of fused-ring (bicyclic) bond motifs is 1. The smallest absolute Gasteiger partial charge is 0.0227 e. The first-order valence-electron chi connectivity index (χ1n) is 6.35. The van der Waals surface area contributed by atoms with E-state index in [1.807, 2.05) is 0 Å². The molecule has 0 unspecified atom stereocenters. The van der Waals surface area contributed by atoms with Gasteiger partial charge in [0.1, 0.15) is 0 Å². The van der Waals surface area contributed by atoms with E-state index < -0.39 is 0 Å². The monoisotopic (exact) mass is 242 g/mol. The lowest BCUT2D eigenvalue weighted by molar-refractivity contribution is 0.396. The molecule has 0 saturated heterocycles. The van der Waals surface area contributed by atoms with Gasteiger partial charge in [0.05, 0.1) is 0 Å². The van der Waals surface area contributed by atoms with Crippen molar-refractivity contribution in [3.63, 3.8) is 0 Å². The van der Waals surface area contributed by atoms with E-state index in [-0.39, 0.29) is 0 Å². The summed E-state index contributed by atoms with van der Waals surface area (Å²) >= 11 is 0. The van der Waals surface area contributed by atoms with Crippen LogP contribution in [0.3, 0.4) is 0 Å². The lowest BCUT2D eigenvalue weighted by atomic mass is 10.1. The van der Waals surface area contributed by atoms with E-state index in [9.17, 15) is 0 Å². The van der Waals surface area contributed by atoms with E-state index in [4.69, 9.17) is 0 Å². The Morgan fingerprint density at radius 3 is 1.56 bits per heavy atom. The highest BCUT2D eigenvalue weighted by Crippen LogP contribution is 2.25. The summed E-state index contributed by atoms with van der Waals surface area (Å²) in [5.41, 5.74) is 5.41. The Bertz CT molecular complexity index is 447. The minimum Gasteiger partial charge on any atom is -0.305 e. The molecule has 0 aromatic carbocycles. The van der Waals surface area contributed by atoms with Crippen molar-refractivity contribution in [2.45, 2.75) is 13.1 Å². The number of rotatable bonds is 4. The molecule has 0 N–H and O–H groups in total. The van der Waals surface area contributed by atoms with Crippen LogP contribution in [-0.4, -0.2) is 38.0 Å². The number of hydrogen-bond donors (Lipinski definition) is 0. The van der Waals surface area contributed by atoms with Gasteiger partial charge >= 0.3 is 0 Å². The first-order valence-corrected chi connectivity index (χ1v) is 6.35. The van der Waals surface area contributed by atoms with Gasteiger partial charge in [-0.1, -0.05) is 24.3 Å². The van der Waals surface area contributed by atoms with Crippen LogP contribution >= 0.6 is 0 Å². The topological polar surface area (TPSA) is 6.48 Å². The average Bonchev–Trinajstić information content (AvgIpc) is 2.57. The first-order chi connectivity index (χ1) is 8.54. The predicted octanol–water partition coefficient (Wildman–Crippen LogP) is 2.91. The van der Waals surface area contributed by atoms with Crippen LogP contribution in [-0.2, 0) is 13.1 Å². The fraction of sp³-hybridized carbons (Fsp3) is 0.375. The van der Waals surface area contributed by atoms with Crippen LogP contribution in [0.5, 0.6) is 0 Å². The second-order valence-electron chi connectivity index (χ2n) is 5.49. The maximum absolute atomic E-state index is 2.32. The molecule has 0 aliphatic heterocycles. The molecule has 0 spiro atoms. The van der Waals surface area contributed by atoms with E-state index in [1.54, 1.807) is 0 Å². The van der Waals surface area contributed by atoms with Gasteiger partial charge in [-0.2, -0.15) is 0 Å². The van der Waals surface area contributed by atoms with Gasteiger partial charge < -0.3 is 9.80 Å². The third-order valence-corrected chi connectivity index (χ3v) is 2.94. The molecule has 0 radical (unpaired) electrons. The van der Waals surface area contributed by atoms with Crippen LogP contribution in [0.4, 0.5) is 0 Å². The lowest BCUT2D eigenvalue weighted by Gasteiger charge is -2.11. The fourth-order valence-electron chi connectivity index (χ4n) is 2.34. The van der Waals surface area contributed by atoms with Crippen LogP contribution < -0.4 is 0 Å². The summed E-state index contributed by atoms with van der Waals surface area (Å²) < 4.78 is 0. The molecule has 18 heavy (non-hydrogen) atoms. The quantitative estimate of drug-likeness (QED) is 0.813. The molecule has 2 aliphatic carbocycles. The molecular formula is C16H22N2. The molecular weight excluding hydrogens is 220 g/mol. The van der Waals surface area contributed by atoms with Crippen molar-refractivity contribution in [2.24, 2.45) is 0 Å². The second-order valence-corrected chi connectivity index (χ2v) is 5.49. The molecule has 2 rings (SSSR count). The molecule has 96 valence electrons. The van der Waals surface area contributed by atoms with Gasteiger partial charge in [-0.15, -0.1) is 0 Å². The Balaban J connectivity index is 2.43. The lowest BCUT2D eigenvalue weighted by Crippen LogP contribution is -2.12. The summed E-state index contributed by atoms with van der Waals surface area (Å²) in [7, 11) is 8.45. The highest BCUT2D eigenvalue weighted by molar-refractivity contribution is 5.67. The minimum absolute atomic E-state index is 0.982. The Labute approximate surface area is 110 Å². The van der Waals surface area contributed by atoms with Crippen molar-refractivity contribution in [1.82, 2.24) is 9.80 Å². The summed E-state index contributed by atoms with van der Waals surface area (Å²) in [4.78, 5) is 4.42. The minimum atomic E-state index is 0.982. The maximum atomic E-state index is 2.32. The third kappa shape index (κ3) is 3.31. The van der Waals surface area contributed by atoms with Crippen molar-refractivity contribution in [1.29, 1.82) is 0 Å². The van der Waals surface area contributed by atoms with E-state index in [2.05, 4.69) is 74.4 Å². The van der Waals surface area contributed by atoms with Crippen molar-refractivity contribution >= 4 is 0 Å². The number of nitrogens with zero attached hydrogens (tertiary/aromatic N) is 2. The Morgan fingerprint density at radius 1 is 0.722 bits per heavy atom. The molecule has 2 aliphatic rings. The maximum Gasteiger partial charge on any atom is 0.0227 e. The fourth-order valence-corrected chi connectivity index (χ4v) is 2.34. The summed E-state index contributed by atoms with van der Waals surface area (Å²) in [6.45, 7) is 1.96. The third-order valence-electron chi connectivity index (χ3n) is 2.94. The Morgan fingerprint density at radius 2 is 1.17 bits per heavy atom. The van der Waals surface area contributed by atoms with Gasteiger partial charge in [-0.05, 0) is 62.6 Å². The second kappa shape index (κ2) is 5.51. The molecule has 0 aromatic heterocycles. The van der Waals surface area contributed by atoms with E-state index in [0.717, 1.165) is 13.1 Å². The van der Waals surface area contributed by atoms with Crippen molar-refractivity contribution in [3.8, 4) is 11.1 Å². The van der Waals surface area contributed by atoms with E-state index in [0.29, 0.717) is 0 Å². The van der Waals surface area contributed by atoms with Gasteiger partial charge in [-0.3, -0.25) is 0 Å². The van der Waals surface area contributed by atoms with Gasteiger partial charge in [0.15, 0.2) is 0 Å². The Kier molecular flexibility index (Phi) is 4.00. The zero-order valence-corrected chi connectivity index (χ0v) is 11.8. The van der Waals surface area contributed by atoms with Crippen LogP contribution in [0.1, 0.15) is 11.1 Å². The molecule has 2 nitrogen and oxygen atoms in total. The molecule has 0 fully saturated rings. The van der Waals surface area contributed by atoms with Gasteiger partial charge in [0, 0.05) is 13.1 Å². The molecule has 0 aromatic rings. The highest BCUT2D eigenvalue weighted by Gasteiger charge is 2.06. The van der Waals surface area contributed by atoms with Gasteiger partial charge in [-0.25, -0.2) is 0 Å². The molecule has 0 heterocycles. The summed E-state index contributed by atoms with van der Waals surface area (Å²) in [5, 5.41) is 0. The molecule has 2 heteroatoms. The molecule has 0 amide bonds. The van der Waals surface area contributed by atoms with Crippen LogP contribution in [0, 0.1) is 0 Å². The van der Waals surface area contributed by atoms with Gasteiger partial charge in [0.25, 0.3) is 0 Å². The molecule has 0 atom stereocenters.